The first-order valence-electron chi connectivity index (χ1n) is 5.35. The molecule has 3 nitrogen and oxygen atoms in total. The number of para-hydroxylation sites is 1. The van der Waals surface area contributed by atoms with E-state index in [1.54, 1.807) is 0 Å². The van der Waals surface area contributed by atoms with Gasteiger partial charge in [0.25, 0.3) is 0 Å². The number of anilines is 2. The highest BCUT2D eigenvalue weighted by Gasteiger charge is 2.04. The molecular weight excluding hydrogens is 188 g/mol. The normalized spacial score (nSPS) is 12.5. The summed E-state index contributed by atoms with van der Waals surface area (Å²) >= 11 is 0. The van der Waals surface area contributed by atoms with Crippen molar-refractivity contribution >= 4 is 11.4 Å². The number of benzene rings is 1. The van der Waals surface area contributed by atoms with Gasteiger partial charge in [0.2, 0.25) is 0 Å². The van der Waals surface area contributed by atoms with Crippen molar-refractivity contribution in [3.63, 3.8) is 0 Å². The average Bonchev–Trinajstić information content (AvgIpc) is 2.17. The molecule has 1 aromatic carbocycles. The zero-order valence-corrected chi connectivity index (χ0v) is 9.71. The molecule has 0 bridgehead atoms. The van der Waals surface area contributed by atoms with E-state index >= 15 is 0 Å². The van der Waals surface area contributed by atoms with Crippen molar-refractivity contribution < 1.29 is 4.74 Å². The van der Waals surface area contributed by atoms with Gasteiger partial charge in [-0.2, -0.15) is 0 Å². The summed E-state index contributed by atoms with van der Waals surface area (Å²) in [5.74, 6) is 0. The zero-order valence-electron chi connectivity index (χ0n) is 9.71. The molecule has 1 unspecified atom stereocenters. The Labute approximate surface area is 91.6 Å². The van der Waals surface area contributed by atoms with Gasteiger partial charge >= 0.3 is 0 Å². The quantitative estimate of drug-likeness (QED) is 0.730. The highest BCUT2D eigenvalue weighted by Crippen LogP contribution is 2.22. The fourth-order valence-corrected chi connectivity index (χ4v) is 1.52. The van der Waals surface area contributed by atoms with Crippen LogP contribution in [-0.2, 0) is 4.74 Å². The molecule has 0 amide bonds. The number of hydrogen-bond acceptors (Lipinski definition) is 3. The fourth-order valence-electron chi connectivity index (χ4n) is 1.52. The van der Waals surface area contributed by atoms with Crippen molar-refractivity contribution in [1.82, 2.24) is 0 Å². The number of aryl methyl sites for hydroxylation is 1. The van der Waals surface area contributed by atoms with Crippen molar-refractivity contribution in [3.8, 4) is 0 Å². The molecule has 3 N–H and O–H groups in total. The molecule has 0 aliphatic rings. The van der Waals surface area contributed by atoms with E-state index in [0.717, 1.165) is 24.5 Å². The maximum absolute atomic E-state index is 5.88. The third kappa shape index (κ3) is 3.44. The van der Waals surface area contributed by atoms with Crippen molar-refractivity contribution in [1.29, 1.82) is 0 Å². The van der Waals surface area contributed by atoms with Crippen molar-refractivity contribution in [2.45, 2.75) is 26.9 Å². The number of rotatable bonds is 5. The first-order valence-corrected chi connectivity index (χ1v) is 5.35. The van der Waals surface area contributed by atoms with E-state index in [1.165, 1.54) is 5.56 Å². The molecule has 1 aromatic rings. The first-order chi connectivity index (χ1) is 7.15. The Morgan fingerprint density at radius 3 is 2.80 bits per heavy atom. The Bertz CT molecular complexity index is 292. The van der Waals surface area contributed by atoms with Gasteiger partial charge in [0.1, 0.15) is 0 Å². The van der Waals surface area contributed by atoms with Crippen LogP contribution >= 0.6 is 0 Å². The maximum Gasteiger partial charge on any atom is 0.0719 e. The van der Waals surface area contributed by atoms with Crippen molar-refractivity contribution in [2.24, 2.45) is 0 Å². The lowest BCUT2D eigenvalue weighted by Crippen LogP contribution is -2.20. The third-order valence-corrected chi connectivity index (χ3v) is 2.32. The van der Waals surface area contributed by atoms with Crippen LogP contribution < -0.4 is 11.1 Å². The van der Waals surface area contributed by atoms with Crippen LogP contribution in [0.3, 0.4) is 0 Å². The van der Waals surface area contributed by atoms with Crippen LogP contribution in [-0.4, -0.2) is 19.3 Å². The molecule has 0 fully saturated rings. The molecule has 0 aliphatic carbocycles. The summed E-state index contributed by atoms with van der Waals surface area (Å²) in [6.45, 7) is 7.61. The van der Waals surface area contributed by atoms with E-state index in [-0.39, 0.29) is 6.10 Å². The topological polar surface area (TPSA) is 47.3 Å². The van der Waals surface area contributed by atoms with E-state index in [4.69, 9.17) is 10.5 Å². The van der Waals surface area contributed by atoms with Gasteiger partial charge < -0.3 is 15.8 Å². The van der Waals surface area contributed by atoms with E-state index in [0.29, 0.717) is 0 Å². The highest BCUT2D eigenvalue weighted by atomic mass is 16.5. The van der Waals surface area contributed by atoms with Crippen LogP contribution in [0.25, 0.3) is 0 Å². The predicted molar refractivity (Wildman–Crippen MR) is 65.2 cm³/mol. The molecule has 3 heteroatoms. The van der Waals surface area contributed by atoms with Crippen LogP contribution in [0.4, 0.5) is 11.4 Å². The summed E-state index contributed by atoms with van der Waals surface area (Å²) in [7, 11) is 0. The minimum absolute atomic E-state index is 0.203. The van der Waals surface area contributed by atoms with Gasteiger partial charge in [-0.25, -0.2) is 0 Å². The summed E-state index contributed by atoms with van der Waals surface area (Å²) in [6.07, 6.45) is 0.203. The van der Waals surface area contributed by atoms with E-state index < -0.39 is 0 Å². The Hall–Kier alpha value is -1.22. The van der Waals surface area contributed by atoms with Gasteiger partial charge in [0.05, 0.1) is 17.5 Å². The Morgan fingerprint density at radius 1 is 1.47 bits per heavy atom. The number of nitrogens with two attached hydrogens (primary N) is 1. The molecule has 0 saturated heterocycles. The number of nitrogens with one attached hydrogen (secondary N) is 1. The van der Waals surface area contributed by atoms with Gasteiger partial charge in [0.15, 0.2) is 0 Å². The number of nitrogen functional groups attached to an aromatic ring is 1. The molecule has 0 aliphatic heterocycles. The smallest absolute Gasteiger partial charge is 0.0719 e. The molecule has 1 rings (SSSR count). The summed E-state index contributed by atoms with van der Waals surface area (Å²) in [6, 6.07) is 5.91. The molecule has 0 radical (unpaired) electrons. The standard InChI is InChI=1S/C12H20N2O/c1-4-15-10(3)8-14-12-9(2)6-5-7-11(12)13/h5-7,10,14H,4,8,13H2,1-3H3. The molecule has 15 heavy (non-hydrogen) atoms. The van der Waals surface area contributed by atoms with Gasteiger partial charge in [-0.05, 0) is 32.4 Å². The lowest BCUT2D eigenvalue weighted by molar-refractivity contribution is 0.0855. The second-order valence-corrected chi connectivity index (χ2v) is 3.69. The van der Waals surface area contributed by atoms with Gasteiger partial charge in [-0.3, -0.25) is 0 Å². The van der Waals surface area contributed by atoms with Crippen LogP contribution in [0, 0.1) is 6.92 Å². The second kappa shape index (κ2) is 5.61. The van der Waals surface area contributed by atoms with Crippen LogP contribution in [0.5, 0.6) is 0 Å². The summed E-state index contributed by atoms with van der Waals surface area (Å²) in [4.78, 5) is 0. The van der Waals surface area contributed by atoms with Crippen LogP contribution in [0.2, 0.25) is 0 Å². The SMILES string of the molecule is CCOC(C)CNc1c(C)cccc1N. The van der Waals surface area contributed by atoms with Gasteiger partial charge in [0, 0.05) is 13.2 Å². The van der Waals surface area contributed by atoms with E-state index in [1.807, 2.05) is 39.0 Å². The molecule has 84 valence electrons. The Balaban J connectivity index is 2.57. The van der Waals surface area contributed by atoms with Gasteiger partial charge in [-0.1, -0.05) is 12.1 Å². The average molecular weight is 208 g/mol. The van der Waals surface area contributed by atoms with Crippen molar-refractivity contribution in [3.05, 3.63) is 23.8 Å². The number of hydrogen-bond donors (Lipinski definition) is 2. The van der Waals surface area contributed by atoms with Crippen LogP contribution in [0.1, 0.15) is 19.4 Å². The monoisotopic (exact) mass is 208 g/mol. The Morgan fingerprint density at radius 2 is 2.20 bits per heavy atom. The predicted octanol–water partition coefficient (Wildman–Crippen LogP) is 2.41. The molecule has 0 saturated carbocycles. The Kier molecular flexibility index (Phi) is 4.43. The molecule has 0 spiro atoms. The van der Waals surface area contributed by atoms with Gasteiger partial charge in [-0.15, -0.1) is 0 Å². The minimum atomic E-state index is 0.203. The van der Waals surface area contributed by atoms with E-state index in [2.05, 4.69) is 5.32 Å². The summed E-state index contributed by atoms with van der Waals surface area (Å²) < 4.78 is 5.44. The minimum Gasteiger partial charge on any atom is -0.397 e. The van der Waals surface area contributed by atoms with Crippen LogP contribution in [0.15, 0.2) is 18.2 Å². The molecule has 0 aromatic heterocycles. The highest BCUT2D eigenvalue weighted by molar-refractivity contribution is 5.69. The maximum atomic E-state index is 5.88. The fraction of sp³-hybridized carbons (Fsp3) is 0.500. The molecular formula is C12H20N2O. The summed E-state index contributed by atoms with van der Waals surface area (Å²) in [5, 5.41) is 3.32. The van der Waals surface area contributed by atoms with E-state index in [9.17, 15) is 0 Å². The number of ether oxygens (including phenoxy) is 1. The first kappa shape index (κ1) is 11.9. The molecule has 0 heterocycles. The zero-order chi connectivity index (χ0) is 11.3. The lowest BCUT2D eigenvalue weighted by atomic mass is 10.1. The second-order valence-electron chi connectivity index (χ2n) is 3.69. The summed E-state index contributed by atoms with van der Waals surface area (Å²) in [5.41, 5.74) is 8.85. The largest absolute Gasteiger partial charge is 0.397 e. The van der Waals surface area contributed by atoms with Crippen molar-refractivity contribution in [2.75, 3.05) is 24.2 Å². The molecule has 1 atom stereocenters. The third-order valence-electron chi connectivity index (χ3n) is 2.32. The lowest BCUT2D eigenvalue weighted by Gasteiger charge is -2.16.